The van der Waals surface area contributed by atoms with Crippen molar-refractivity contribution >= 4 is 23.2 Å². The van der Waals surface area contributed by atoms with Gasteiger partial charge in [-0.3, -0.25) is 9.59 Å². The van der Waals surface area contributed by atoms with E-state index in [1.807, 2.05) is 0 Å². The van der Waals surface area contributed by atoms with Gasteiger partial charge in [-0.2, -0.15) is 0 Å². The van der Waals surface area contributed by atoms with Crippen LogP contribution in [0.1, 0.15) is 96.0 Å². The molecule has 2 amide bonds. The van der Waals surface area contributed by atoms with Crippen LogP contribution in [-0.4, -0.2) is 11.8 Å². The average Bonchev–Trinajstić information content (AvgIpc) is 2.94. The predicted molar refractivity (Wildman–Crippen MR) is 96.9 cm³/mol. The SMILES string of the molecule is CCCCCCCCCCCCc1cc(C(N)=O)sc1C(N)=O. The van der Waals surface area contributed by atoms with Gasteiger partial charge < -0.3 is 11.5 Å². The fraction of sp³-hybridized carbons (Fsp3) is 0.667. The third-order valence-corrected chi connectivity index (χ3v) is 5.28. The van der Waals surface area contributed by atoms with E-state index in [-0.39, 0.29) is 0 Å². The Morgan fingerprint density at radius 2 is 1.39 bits per heavy atom. The Balaban J connectivity index is 2.20. The monoisotopic (exact) mass is 338 g/mol. The molecule has 130 valence electrons. The lowest BCUT2D eigenvalue weighted by molar-refractivity contribution is 0.0996. The number of hydrogen-bond acceptors (Lipinski definition) is 3. The fourth-order valence-corrected chi connectivity index (χ4v) is 3.66. The van der Waals surface area contributed by atoms with Gasteiger partial charge in [0.25, 0.3) is 11.8 Å². The number of primary amides is 2. The van der Waals surface area contributed by atoms with Crippen LogP contribution in [0.4, 0.5) is 0 Å². The van der Waals surface area contributed by atoms with Crippen LogP contribution in [0.25, 0.3) is 0 Å². The molecule has 5 heteroatoms. The van der Waals surface area contributed by atoms with Crippen molar-refractivity contribution in [2.45, 2.75) is 77.6 Å². The van der Waals surface area contributed by atoms with E-state index in [1.54, 1.807) is 6.07 Å². The molecule has 4 nitrogen and oxygen atoms in total. The zero-order chi connectivity index (χ0) is 17.1. The van der Waals surface area contributed by atoms with Crippen LogP contribution in [0.15, 0.2) is 6.07 Å². The first-order valence-electron chi connectivity index (χ1n) is 8.78. The Labute approximate surface area is 143 Å². The van der Waals surface area contributed by atoms with Gasteiger partial charge in [0, 0.05) is 0 Å². The molecule has 1 heterocycles. The van der Waals surface area contributed by atoms with E-state index in [1.165, 1.54) is 51.4 Å². The maximum Gasteiger partial charge on any atom is 0.259 e. The van der Waals surface area contributed by atoms with Crippen LogP contribution in [-0.2, 0) is 6.42 Å². The Bertz CT molecular complexity index is 497. The van der Waals surface area contributed by atoms with Crippen molar-refractivity contribution in [3.63, 3.8) is 0 Å². The zero-order valence-electron chi connectivity index (χ0n) is 14.2. The lowest BCUT2D eigenvalue weighted by Crippen LogP contribution is -2.11. The van der Waals surface area contributed by atoms with Crippen molar-refractivity contribution in [1.29, 1.82) is 0 Å². The van der Waals surface area contributed by atoms with Crippen LogP contribution >= 0.6 is 11.3 Å². The molecule has 0 aliphatic carbocycles. The molecule has 0 atom stereocenters. The quantitative estimate of drug-likeness (QED) is 0.522. The minimum Gasteiger partial charge on any atom is -0.365 e. The van der Waals surface area contributed by atoms with Gasteiger partial charge in [-0.25, -0.2) is 0 Å². The van der Waals surface area contributed by atoms with E-state index < -0.39 is 11.8 Å². The molecule has 1 aromatic heterocycles. The minimum absolute atomic E-state index is 0.417. The molecule has 0 radical (unpaired) electrons. The molecule has 0 saturated heterocycles. The normalized spacial score (nSPS) is 10.8. The largest absolute Gasteiger partial charge is 0.365 e. The first-order chi connectivity index (χ1) is 11.1. The van der Waals surface area contributed by atoms with Gasteiger partial charge in [-0.15, -0.1) is 11.3 Å². The molecule has 0 aliphatic rings. The highest BCUT2D eigenvalue weighted by Gasteiger charge is 2.15. The Hall–Kier alpha value is -1.36. The molecule has 1 aromatic rings. The lowest BCUT2D eigenvalue weighted by atomic mass is 10.0. The standard InChI is InChI=1S/C18H30N2O2S/c1-2-3-4-5-6-7-8-9-10-11-12-14-13-15(17(19)21)23-16(14)18(20)22/h13H,2-12H2,1H3,(H2,19,21)(H2,20,22). The van der Waals surface area contributed by atoms with Crippen LogP contribution in [0, 0.1) is 0 Å². The Morgan fingerprint density at radius 3 is 1.87 bits per heavy atom. The number of thiophene rings is 1. The number of carbonyl (C=O) groups is 2. The van der Waals surface area contributed by atoms with Gasteiger partial charge in [0.15, 0.2) is 0 Å². The zero-order valence-corrected chi connectivity index (χ0v) is 15.1. The highest BCUT2D eigenvalue weighted by Crippen LogP contribution is 2.24. The van der Waals surface area contributed by atoms with Gasteiger partial charge in [0.1, 0.15) is 0 Å². The second-order valence-corrected chi connectivity index (χ2v) is 7.18. The molecule has 1 rings (SSSR count). The van der Waals surface area contributed by atoms with Gasteiger partial charge in [-0.1, -0.05) is 64.7 Å². The molecule has 0 spiro atoms. The summed E-state index contributed by atoms with van der Waals surface area (Å²) in [5.74, 6) is -0.962. The van der Waals surface area contributed by atoms with Crippen molar-refractivity contribution in [2.24, 2.45) is 11.5 Å². The van der Waals surface area contributed by atoms with Gasteiger partial charge in [0.05, 0.1) is 9.75 Å². The molecule has 0 saturated carbocycles. The van der Waals surface area contributed by atoms with Gasteiger partial charge >= 0.3 is 0 Å². The Morgan fingerprint density at radius 1 is 0.870 bits per heavy atom. The summed E-state index contributed by atoms with van der Waals surface area (Å²) in [6, 6.07) is 1.72. The summed E-state index contributed by atoms with van der Waals surface area (Å²) in [6.45, 7) is 2.24. The van der Waals surface area contributed by atoms with Crippen molar-refractivity contribution in [1.82, 2.24) is 0 Å². The van der Waals surface area contributed by atoms with E-state index in [9.17, 15) is 9.59 Å². The van der Waals surface area contributed by atoms with Crippen molar-refractivity contribution in [2.75, 3.05) is 0 Å². The van der Waals surface area contributed by atoms with E-state index in [0.29, 0.717) is 9.75 Å². The summed E-state index contributed by atoms with van der Waals surface area (Å²) >= 11 is 1.11. The smallest absolute Gasteiger partial charge is 0.259 e. The number of unbranched alkanes of at least 4 members (excludes halogenated alkanes) is 9. The number of amides is 2. The average molecular weight is 339 g/mol. The summed E-state index contributed by atoms with van der Waals surface area (Å²) < 4.78 is 0. The van der Waals surface area contributed by atoms with E-state index >= 15 is 0 Å². The molecule has 23 heavy (non-hydrogen) atoms. The molecule has 0 bridgehead atoms. The maximum atomic E-state index is 11.4. The number of nitrogens with two attached hydrogens (primary N) is 2. The predicted octanol–water partition coefficient (Wildman–Crippen LogP) is 4.41. The van der Waals surface area contributed by atoms with Crippen LogP contribution in [0.5, 0.6) is 0 Å². The third-order valence-electron chi connectivity index (χ3n) is 4.08. The fourth-order valence-electron chi connectivity index (χ4n) is 2.75. The van der Waals surface area contributed by atoms with E-state index in [0.717, 1.165) is 36.2 Å². The lowest BCUT2D eigenvalue weighted by Gasteiger charge is -2.03. The van der Waals surface area contributed by atoms with Crippen LogP contribution < -0.4 is 11.5 Å². The van der Waals surface area contributed by atoms with E-state index in [4.69, 9.17) is 11.5 Å². The molecule has 4 N–H and O–H groups in total. The second-order valence-electron chi connectivity index (χ2n) is 6.13. The summed E-state index contributed by atoms with van der Waals surface area (Å²) in [5.41, 5.74) is 11.5. The van der Waals surface area contributed by atoms with Gasteiger partial charge in [-0.05, 0) is 24.5 Å². The first-order valence-corrected chi connectivity index (χ1v) is 9.60. The molecular weight excluding hydrogens is 308 g/mol. The summed E-state index contributed by atoms with van der Waals surface area (Å²) in [6.07, 6.45) is 13.5. The van der Waals surface area contributed by atoms with Crippen LogP contribution in [0.3, 0.4) is 0 Å². The molecule has 0 fully saturated rings. The molecule has 0 unspecified atom stereocenters. The van der Waals surface area contributed by atoms with E-state index in [2.05, 4.69) is 6.92 Å². The Kier molecular flexibility index (Phi) is 9.60. The highest BCUT2D eigenvalue weighted by molar-refractivity contribution is 7.16. The first kappa shape index (κ1) is 19.7. The number of aryl methyl sites for hydroxylation is 1. The van der Waals surface area contributed by atoms with Gasteiger partial charge in [0.2, 0.25) is 0 Å². The second kappa shape index (κ2) is 11.2. The third kappa shape index (κ3) is 7.64. The number of hydrogen-bond donors (Lipinski definition) is 2. The summed E-state index contributed by atoms with van der Waals surface area (Å²) in [5, 5.41) is 0. The van der Waals surface area contributed by atoms with Crippen molar-refractivity contribution in [3.05, 3.63) is 21.4 Å². The topological polar surface area (TPSA) is 86.2 Å². The molecular formula is C18H30N2O2S. The van der Waals surface area contributed by atoms with Crippen molar-refractivity contribution in [3.8, 4) is 0 Å². The summed E-state index contributed by atoms with van der Waals surface area (Å²) in [7, 11) is 0. The highest BCUT2D eigenvalue weighted by atomic mass is 32.1. The minimum atomic E-state index is -0.494. The van der Waals surface area contributed by atoms with Crippen molar-refractivity contribution < 1.29 is 9.59 Å². The molecule has 0 aliphatic heterocycles. The molecule has 0 aromatic carbocycles. The van der Waals surface area contributed by atoms with Crippen LogP contribution in [0.2, 0.25) is 0 Å². The summed E-state index contributed by atoms with van der Waals surface area (Å²) in [4.78, 5) is 23.5. The maximum absolute atomic E-state index is 11.4. The number of rotatable bonds is 13. The number of carbonyl (C=O) groups excluding carboxylic acids is 2.